The second kappa shape index (κ2) is 3.79. The van der Waals surface area contributed by atoms with Gasteiger partial charge in [0.1, 0.15) is 5.60 Å². The molecule has 0 radical (unpaired) electrons. The summed E-state index contributed by atoms with van der Waals surface area (Å²) in [5.41, 5.74) is 4.37. The lowest BCUT2D eigenvalue weighted by Crippen LogP contribution is -2.41. The summed E-state index contributed by atoms with van der Waals surface area (Å²) >= 11 is 0. The second-order valence-corrected chi connectivity index (χ2v) is 4.84. The number of rotatable bonds is 1. The van der Waals surface area contributed by atoms with Crippen LogP contribution in [0.15, 0.2) is 6.20 Å². The Morgan fingerprint density at radius 2 is 2.31 bits per heavy atom. The molecule has 1 aliphatic heterocycles. The van der Waals surface area contributed by atoms with Crippen LogP contribution in [0.3, 0.4) is 0 Å². The van der Waals surface area contributed by atoms with Gasteiger partial charge in [0.25, 0.3) is 0 Å². The number of aromatic nitrogens is 2. The van der Waals surface area contributed by atoms with E-state index in [0.717, 1.165) is 11.3 Å². The molecule has 0 aromatic carbocycles. The Morgan fingerprint density at radius 3 is 2.94 bits per heavy atom. The summed E-state index contributed by atoms with van der Waals surface area (Å²) in [5.74, 6) is 0. The van der Waals surface area contributed by atoms with E-state index >= 15 is 0 Å². The van der Waals surface area contributed by atoms with E-state index in [1.807, 2.05) is 20.8 Å². The Balaban J connectivity index is 1.85. The molecule has 0 saturated heterocycles. The van der Waals surface area contributed by atoms with Gasteiger partial charge in [0.2, 0.25) is 0 Å². The third kappa shape index (κ3) is 2.52. The van der Waals surface area contributed by atoms with Crippen LogP contribution >= 0.6 is 0 Å². The molecule has 16 heavy (non-hydrogen) atoms. The summed E-state index contributed by atoms with van der Waals surface area (Å²) in [6.45, 7) is 6.80. The number of ether oxygens (including phenoxy) is 1. The number of H-pyrrole nitrogens is 1. The molecule has 0 unspecified atom stereocenters. The average molecular weight is 224 g/mol. The Hall–Kier alpha value is -1.56. The van der Waals surface area contributed by atoms with Crippen molar-refractivity contribution in [2.75, 3.05) is 0 Å². The van der Waals surface area contributed by atoms with Crippen molar-refractivity contribution < 1.29 is 9.53 Å². The standard InChI is InChI=1S/C10H16N4O2/c1-10(2,3)16-9(15)13-14-5-7-4-11-12-8(7)6-14/h4H,5-6H2,1-3H3,(H,11,12)(H,13,15). The third-order valence-electron chi connectivity index (χ3n) is 2.17. The smallest absolute Gasteiger partial charge is 0.422 e. The number of nitrogens with zero attached hydrogens (tertiary/aromatic N) is 2. The van der Waals surface area contributed by atoms with Gasteiger partial charge in [0.05, 0.1) is 18.4 Å². The van der Waals surface area contributed by atoms with Crippen molar-refractivity contribution in [2.24, 2.45) is 0 Å². The second-order valence-electron chi connectivity index (χ2n) is 4.84. The first kappa shape index (κ1) is 10.9. The van der Waals surface area contributed by atoms with Crippen molar-refractivity contribution in [3.05, 3.63) is 17.5 Å². The zero-order valence-corrected chi connectivity index (χ0v) is 9.70. The van der Waals surface area contributed by atoms with Gasteiger partial charge in [0.15, 0.2) is 0 Å². The fourth-order valence-corrected chi connectivity index (χ4v) is 1.57. The van der Waals surface area contributed by atoms with Crippen molar-refractivity contribution in [1.82, 2.24) is 20.6 Å². The molecule has 1 amide bonds. The molecule has 0 bridgehead atoms. The first-order valence-corrected chi connectivity index (χ1v) is 5.20. The van der Waals surface area contributed by atoms with E-state index in [4.69, 9.17) is 4.74 Å². The van der Waals surface area contributed by atoms with Gasteiger partial charge in [-0.2, -0.15) is 5.10 Å². The Bertz CT molecular complexity index is 373. The molecular formula is C10H16N4O2. The maximum atomic E-state index is 11.5. The number of carbonyl (C=O) groups is 1. The van der Waals surface area contributed by atoms with Crippen molar-refractivity contribution in [3.63, 3.8) is 0 Å². The molecule has 2 heterocycles. The maximum absolute atomic E-state index is 11.5. The highest BCUT2D eigenvalue weighted by Crippen LogP contribution is 2.18. The number of hydrogen-bond acceptors (Lipinski definition) is 4. The maximum Gasteiger partial charge on any atom is 0.422 e. The lowest BCUT2D eigenvalue weighted by atomic mass is 10.2. The summed E-state index contributed by atoms with van der Waals surface area (Å²) in [6.07, 6.45) is 1.34. The SMILES string of the molecule is CC(C)(C)OC(=O)NN1Cc2cn[nH]c2C1. The van der Waals surface area contributed by atoms with E-state index in [2.05, 4.69) is 15.6 Å². The first-order chi connectivity index (χ1) is 7.44. The van der Waals surface area contributed by atoms with Crippen LogP contribution in [0.2, 0.25) is 0 Å². The van der Waals surface area contributed by atoms with Gasteiger partial charge in [-0.15, -0.1) is 0 Å². The van der Waals surface area contributed by atoms with Gasteiger partial charge >= 0.3 is 6.09 Å². The molecule has 0 fully saturated rings. The fourth-order valence-electron chi connectivity index (χ4n) is 1.57. The highest BCUT2D eigenvalue weighted by Gasteiger charge is 2.24. The molecule has 6 heteroatoms. The van der Waals surface area contributed by atoms with Crippen LogP contribution in [-0.4, -0.2) is 26.9 Å². The normalized spacial score (nSPS) is 15.9. The topological polar surface area (TPSA) is 70.2 Å². The van der Waals surface area contributed by atoms with Crippen molar-refractivity contribution in [2.45, 2.75) is 39.5 Å². The van der Waals surface area contributed by atoms with E-state index in [1.54, 1.807) is 11.2 Å². The van der Waals surface area contributed by atoms with Crippen LogP contribution in [0.25, 0.3) is 0 Å². The molecule has 1 aliphatic rings. The molecule has 88 valence electrons. The largest absolute Gasteiger partial charge is 0.443 e. The number of amides is 1. The molecule has 2 N–H and O–H groups in total. The number of hydrogen-bond donors (Lipinski definition) is 2. The van der Waals surface area contributed by atoms with Crippen molar-refractivity contribution in [3.8, 4) is 0 Å². The third-order valence-corrected chi connectivity index (χ3v) is 2.17. The molecular weight excluding hydrogens is 208 g/mol. The summed E-state index contributed by atoms with van der Waals surface area (Å²) < 4.78 is 5.16. The lowest BCUT2D eigenvalue weighted by molar-refractivity contribution is 0.0322. The quantitative estimate of drug-likeness (QED) is 0.751. The number of fused-ring (bicyclic) bond motifs is 1. The van der Waals surface area contributed by atoms with Gasteiger partial charge in [-0.1, -0.05) is 0 Å². The summed E-state index contributed by atoms with van der Waals surface area (Å²) in [7, 11) is 0. The Labute approximate surface area is 93.9 Å². The van der Waals surface area contributed by atoms with Gasteiger partial charge in [-0.25, -0.2) is 9.80 Å². The van der Waals surface area contributed by atoms with E-state index in [-0.39, 0.29) is 0 Å². The van der Waals surface area contributed by atoms with Gasteiger partial charge in [0, 0.05) is 12.1 Å². The number of hydrazine groups is 1. The van der Waals surface area contributed by atoms with Crippen LogP contribution in [0.5, 0.6) is 0 Å². The zero-order valence-electron chi connectivity index (χ0n) is 9.70. The van der Waals surface area contributed by atoms with E-state index in [0.29, 0.717) is 13.1 Å². The molecule has 6 nitrogen and oxygen atoms in total. The molecule has 1 aromatic rings. The minimum atomic E-state index is -0.473. The number of aromatic amines is 1. The average Bonchev–Trinajstić information content (AvgIpc) is 2.58. The van der Waals surface area contributed by atoms with Crippen LogP contribution in [0, 0.1) is 0 Å². The molecule has 0 atom stereocenters. The number of carbonyl (C=O) groups excluding carboxylic acids is 1. The van der Waals surface area contributed by atoms with Crippen LogP contribution in [0.4, 0.5) is 4.79 Å². The van der Waals surface area contributed by atoms with Crippen molar-refractivity contribution >= 4 is 6.09 Å². The monoisotopic (exact) mass is 224 g/mol. The van der Waals surface area contributed by atoms with Crippen molar-refractivity contribution in [1.29, 1.82) is 0 Å². The van der Waals surface area contributed by atoms with E-state index < -0.39 is 11.7 Å². The fraction of sp³-hybridized carbons (Fsp3) is 0.600. The molecule has 0 saturated carbocycles. The van der Waals surface area contributed by atoms with Crippen LogP contribution in [-0.2, 0) is 17.8 Å². The Morgan fingerprint density at radius 1 is 1.56 bits per heavy atom. The summed E-state index contributed by atoms with van der Waals surface area (Å²) in [6, 6.07) is 0. The van der Waals surface area contributed by atoms with E-state index in [1.165, 1.54) is 0 Å². The lowest BCUT2D eigenvalue weighted by Gasteiger charge is -2.22. The predicted molar refractivity (Wildman–Crippen MR) is 57.2 cm³/mol. The number of nitrogens with one attached hydrogen (secondary N) is 2. The summed E-state index contributed by atoms with van der Waals surface area (Å²) in [5, 5.41) is 8.60. The van der Waals surface area contributed by atoms with Gasteiger partial charge < -0.3 is 4.74 Å². The zero-order chi connectivity index (χ0) is 11.8. The minimum Gasteiger partial charge on any atom is -0.443 e. The minimum absolute atomic E-state index is 0.425. The van der Waals surface area contributed by atoms with E-state index in [9.17, 15) is 4.79 Å². The first-order valence-electron chi connectivity index (χ1n) is 5.20. The Kier molecular flexibility index (Phi) is 2.59. The van der Waals surface area contributed by atoms with Crippen LogP contribution in [0.1, 0.15) is 32.0 Å². The molecule has 0 spiro atoms. The molecule has 2 rings (SSSR count). The molecule has 0 aliphatic carbocycles. The summed E-state index contributed by atoms with van der Waals surface area (Å²) in [4.78, 5) is 11.5. The highest BCUT2D eigenvalue weighted by atomic mass is 16.6. The van der Waals surface area contributed by atoms with Crippen LogP contribution < -0.4 is 5.43 Å². The van der Waals surface area contributed by atoms with Gasteiger partial charge in [-0.05, 0) is 20.8 Å². The van der Waals surface area contributed by atoms with Gasteiger partial charge in [-0.3, -0.25) is 10.5 Å². The predicted octanol–water partition coefficient (Wildman–Crippen LogP) is 1.16. The molecule has 1 aromatic heterocycles. The highest BCUT2D eigenvalue weighted by molar-refractivity contribution is 5.67.